The van der Waals surface area contributed by atoms with Crippen LogP contribution >= 0.6 is 0 Å². The Morgan fingerprint density at radius 1 is 0.933 bits per heavy atom. The summed E-state index contributed by atoms with van der Waals surface area (Å²) in [5.41, 5.74) is 6.19. The Labute approximate surface area is 179 Å². The normalized spacial score (nSPS) is 12.2. The maximum atomic E-state index is 6.08. The number of rotatable bonds is 8. The molecule has 0 aliphatic heterocycles. The molecule has 154 valence electrons. The summed E-state index contributed by atoms with van der Waals surface area (Å²) in [4.78, 5) is 4.92. The Hall–Kier alpha value is -3.07. The van der Waals surface area contributed by atoms with Gasteiger partial charge in [0.1, 0.15) is 18.2 Å². The van der Waals surface area contributed by atoms with Crippen molar-refractivity contribution in [3.8, 4) is 5.75 Å². The molecule has 0 saturated carbocycles. The van der Waals surface area contributed by atoms with Crippen LogP contribution in [0, 0.1) is 6.92 Å². The molecule has 0 aliphatic carbocycles. The number of hydrogen-bond donors (Lipinski definition) is 0. The molecule has 30 heavy (non-hydrogen) atoms. The first-order valence-corrected chi connectivity index (χ1v) is 10.9. The van der Waals surface area contributed by atoms with Crippen molar-refractivity contribution < 1.29 is 4.74 Å². The Bertz CT molecular complexity index is 1110. The van der Waals surface area contributed by atoms with E-state index >= 15 is 0 Å². The van der Waals surface area contributed by atoms with Crippen molar-refractivity contribution in [2.75, 3.05) is 6.61 Å². The third-order valence-electron chi connectivity index (χ3n) is 5.99. The van der Waals surface area contributed by atoms with E-state index in [0.29, 0.717) is 12.5 Å². The minimum absolute atomic E-state index is 0.584. The zero-order valence-corrected chi connectivity index (χ0v) is 18.1. The molecular formula is C27H30N2O. The summed E-state index contributed by atoms with van der Waals surface area (Å²) >= 11 is 0. The number of ether oxygens (including phenoxy) is 1. The van der Waals surface area contributed by atoms with E-state index in [1.807, 2.05) is 6.07 Å². The van der Waals surface area contributed by atoms with Crippen LogP contribution in [0.4, 0.5) is 0 Å². The van der Waals surface area contributed by atoms with Crippen LogP contribution in [0.1, 0.15) is 48.7 Å². The number of benzene rings is 3. The molecule has 4 rings (SSSR count). The lowest BCUT2D eigenvalue weighted by Gasteiger charge is -2.13. The molecule has 0 spiro atoms. The molecule has 1 atom stereocenters. The van der Waals surface area contributed by atoms with Crippen molar-refractivity contribution in [2.45, 2.75) is 46.1 Å². The van der Waals surface area contributed by atoms with E-state index in [-0.39, 0.29) is 0 Å². The highest BCUT2D eigenvalue weighted by Crippen LogP contribution is 2.23. The average Bonchev–Trinajstić information content (AvgIpc) is 3.12. The van der Waals surface area contributed by atoms with Crippen molar-refractivity contribution in [3.05, 3.63) is 95.3 Å². The fraction of sp³-hybridized carbons (Fsp3) is 0.296. The molecule has 0 bridgehead atoms. The lowest BCUT2D eigenvalue weighted by atomic mass is 9.99. The maximum Gasteiger partial charge on any atom is 0.119 e. The van der Waals surface area contributed by atoms with Gasteiger partial charge in [0.05, 0.1) is 17.6 Å². The maximum absolute atomic E-state index is 6.08. The van der Waals surface area contributed by atoms with Crippen molar-refractivity contribution >= 4 is 11.0 Å². The van der Waals surface area contributed by atoms with Gasteiger partial charge in [0.15, 0.2) is 0 Å². The molecule has 3 heteroatoms. The van der Waals surface area contributed by atoms with Gasteiger partial charge in [-0.2, -0.15) is 0 Å². The van der Waals surface area contributed by atoms with Crippen LogP contribution in [0.5, 0.6) is 5.75 Å². The largest absolute Gasteiger partial charge is 0.492 e. The zero-order valence-electron chi connectivity index (χ0n) is 18.1. The first-order chi connectivity index (χ1) is 14.7. The summed E-state index contributed by atoms with van der Waals surface area (Å²) in [7, 11) is 0. The molecule has 1 heterocycles. The van der Waals surface area contributed by atoms with Crippen LogP contribution in [-0.2, 0) is 13.0 Å². The molecule has 3 nitrogen and oxygen atoms in total. The number of aromatic nitrogens is 2. The Balaban J connectivity index is 1.51. The number of hydrogen-bond acceptors (Lipinski definition) is 2. The van der Waals surface area contributed by atoms with Crippen LogP contribution in [0.2, 0.25) is 0 Å². The van der Waals surface area contributed by atoms with Crippen molar-refractivity contribution in [1.29, 1.82) is 0 Å². The van der Waals surface area contributed by atoms with Crippen LogP contribution in [0.3, 0.4) is 0 Å². The Morgan fingerprint density at radius 2 is 1.67 bits per heavy atom. The van der Waals surface area contributed by atoms with E-state index in [1.165, 1.54) is 16.7 Å². The number of nitrogens with zero attached hydrogens (tertiary/aromatic N) is 2. The SMILES string of the molecule is CCC(C)c1ccc(OCCn2c(Cc3ccccc3C)nc3ccccc32)cc1. The lowest BCUT2D eigenvalue weighted by molar-refractivity contribution is 0.298. The van der Waals surface area contributed by atoms with Crippen LogP contribution in [0.15, 0.2) is 72.8 Å². The zero-order chi connectivity index (χ0) is 20.9. The summed E-state index contributed by atoms with van der Waals surface area (Å²) in [6, 6.07) is 25.4. The summed E-state index contributed by atoms with van der Waals surface area (Å²) in [5.74, 6) is 2.59. The number of para-hydroxylation sites is 2. The van der Waals surface area contributed by atoms with Gasteiger partial charge >= 0.3 is 0 Å². The molecule has 0 aliphatic rings. The lowest BCUT2D eigenvalue weighted by Crippen LogP contribution is -2.12. The van der Waals surface area contributed by atoms with Gasteiger partial charge in [-0.3, -0.25) is 0 Å². The molecule has 0 radical (unpaired) electrons. The van der Waals surface area contributed by atoms with Crippen LogP contribution < -0.4 is 4.74 Å². The number of fused-ring (bicyclic) bond motifs is 1. The molecule has 4 aromatic rings. The van der Waals surface area contributed by atoms with Crippen molar-refractivity contribution in [1.82, 2.24) is 9.55 Å². The van der Waals surface area contributed by atoms with E-state index < -0.39 is 0 Å². The van der Waals surface area contributed by atoms with E-state index in [4.69, 9.17) is 9.72 Å². The molecule has 0 saturated heterocycles. The third-order valence-corrected chi connectivity index (χ3v) is 5.99. The highest BCUT2D eigenvalue weighted by atomic mass is 16.5. The van der Waals surface area contributed by atoms with Gasteiger partial charge in [0.25, 0.3) is 0 Å². The second-order valence-corrected chi connectivity index (χ2v) is 8.00. The molecule has 3 aromatic carbocycles. The van der Waals surface area contributed by atoms with Crippen LogP contribution in [0.25, 0.3) is 11.0 Å². The smallest absolute Gasteiger partial charge is 0.119 e. The molecule has 1 unspecified atom stereocenters. The van der Waals surface area contributed by atoms with Crippen molar-refractivity contribution in [2.24, 2.45) is 0 Å². The standard InChI is InChI=1S/C27H30N2O/c1-4-20(2)22-13-15-24(16-14-22)30-18-17-29-26-12-8-7-11-25(26)28-27(29)19-23-10-6-5-9-21(23)3/h5-16,20H,4,17-19H2,1-3H3. The van der Waals surface area contributed by atoms with E-state index in [2.05, 4.69) is 92.1 Å². The van der Waals surface area contributed by atoms with Crippen LogP contribution in [-0.4, -0.2) is 16.2 Å². The fourth-order valence-corrected chi connectivity index (χ4v) is 3.87. The minimum atomic E-state index is 0.584. The van der Waals surface area contributed by atoms with Gasteiger partial charge in [-0.15, -0.1) is 0 Å². The molecule has 1 aromatic heterocycles. The fourth-order valence-electron chi connectivity index (χ4n) is 3.87. The Morgan fingerprint density at radius 3 is 2.43 bits per heavy atom. The predicted octanol–water partition coefficient (Wildman–Crippen LogP) is 6.53. The van der Waals surface area contributed by atoms with E-state index in [9.17, 15) is 0 Å². The molecule has 0 fully saturated rings. The van der Waals surface area contributed by atoms with Gasteiger partial charge in [-0.25, -0.2) is 4.98 Å². The molecular weight excluding hydrogens is 368 g/mol. The summed E-state index contributed by atoms with van der Waals surface area (Å²) < 4.78 is 8.38. The monoisotopic (exact) mass is 398 g/mol. The first-order valence-electron chi connectivity index (χ1n) is 10.9. The van der Waals surface area contributed by atoms with E-state index in [1.54, 1.807) is 0 Å². The van der Waals surface area contributed by atoms with E-state index in [0.717, 1.165) is 42.0 Å². The quantitative estimate of drug-likeness (QED) is 0.337. The van der Waals surface area contributed by atoms with Gasteiger partial charge in [-0.1, -0.05) is 62.4 Å². The second kappa shape index (κ2) is 9.17. The first kappa shape index (κ1) is 20.2. The topological polar surface area (TPSA) is 27.1 Å². The number of aryl methyl sites for hydroxylation is 1. The van der Waals surface area contributed by atoms with Crippen molar-refractivity contribution in [3.63, 3.8) is 0 Å². The molecule has 0 N–H and O–H groups in total. The summed E-state index contributed by atoms with van der Waals surface area (Å²) in [5, 5.41) is 0. The van der Waals surface area contributed by atoms with Gasteiger partial charge in [0, 0.05) is 6.42 Å². The molecule has 0 amide bonds. The summed E-state index contributed by atoms with van der Waals surface area (Å²) in [6.07, 6.45) is 1.97. The predicted molar refractivity (Wildman–Crippen MR) is 124 cm³/mol. The minimum Gasteiger partial charge on any atom is -0.492 e. The highest BCUT2D eigenvalue weighted by Gasteiger charge is 2.12. The van der Waals surface area contributed by atoms with Gasteiger partial charge in [-0.05, 0) is 60.2 Å². The second-order valence-electron chi connectivity index (χ2n) is 8.00. The highest BCUT2D eigenvalue weighted by molar-refractivity contribution is 5.76. The van der Waals surface area contributed by atoms with Gasteiger partial charge in [0.2, 0.25) is 0 Å². The summed E-state index contributed by atoms with van der Waals surface area (Å²) in [6.45, 7) is 8.03. The third kappa shape index (κ3) is 4.40. The average molecular weight is 399 g/mol. The number of imidazole rings is 1. The Kier molecular flexibility index (Phi) is 6.18. The van der Waals surface area contributed by atoms with Gasteiger partial charge < -0.3 is 9.30 Å².